The molecule has 2 aliphatic carbocycles. The Morgan fingerprint density at radius 2 is 2.21 bits per heavy atom. The topological polar surface area (TPSA) is 44.0 Å². The number of rotatable bonds is 1. The van der Waals surface area contributed by atoms with E-state index < -0.39 is 11.0 Å². The average molecular weight is 259 g/mol. The SMILES string of the molecule is CC1CCC(C#N)(C2(O)CCc3cc(F)ccc32)C1. The summed E-state index contributed by atoms with van der Waals surface area (Å²) >= 11 is 0. The minimum atomic E-state index is -1.10. The van der Waals surface area contributed by atoms with Crippen LogP contribution >= 0.6 is 0 Å². The first-order valence-electron chi connectivity index (χ1n) is 6.93. The van der Waals surface area contributed by atoms with Gasteiger partial charge in [-0.3, -0.25) is 0 Å². The summed E-state index contributed by atoms with van der Waals surface area (Å²) in [7, 11) is 0. The van der Waals surface area contributed by atoms with Crippen LogP contribution in [0.3, 0.4) is 0 Å². The second kappa shape index (κ2) is 4.05. The first-order valence-corrected chi connectivity index (χ1v) is 6.93. The molecule has 0 heterocycles. The highest BCUT2D eigenvalue weighted by Crippen LogP contribution is 2.57. The predicted octanol–water partition coefficient (Wildman–Crippen LogP) is 3.29. The number of fused-ring (bicyclic) bond motifs is 1. The largest absolute Gasteiger partial charge is 0.383 e. The van der Waals surface area contributed by atoms with Crippen LogP contribution in [-0.4, -0.2) is 5.11 Å². The van der Waals surface area contributed by atoms with Crippen LogP contribution in [0.25, 0.3) is 0 Å². The molecule has 0 radical (unpaired) electrons. The van der Waals surface area contributed by atoms with Crippen molar-refractivity contribution in [2.24, 2.45) is 11.3 Å². The van der Waals surface area contributed by atoms with Crippen LogP contribution in [0.5, 0.6) is 0 Å². The summed E-state index contributed by atoms with van der Waals surface area (Å²) in [6.07, 6.45) is 3.63. The number of benzene rings is 1. The number of hydrogen-bond donors (Lipinski definition) is 1. The standard InChI is InChI=1S/C16H18FNO/c1-11-4-6-15(9-11,10-18)16(19)7-5-12-8-13(17)2-3-14(12)16/h2-3,8,11,19H,4-7,9H2,1H3. The van der Waals surface area contributed by atoms with Gasteiger partial charge in [0.15, 0.2) is 0 Å². The van der Waals surface area contributed by atoms with Gasteiger partial charge in [0.05, 0.1) is 11.5 Å². The average Bonchev–Trinajstić information content (AvgIpc) is 2.93. The van der Waals surface area contributed by atoms with E-state index in [1.807, 2.05) is 0 Å². The van der Waals surface area contributed by atoms with Gasteiger partial charge in [-0.2, -0.15) is 5.26 Å². The molecule has 0 amide bonds. The molecule has 2 aliphatic rings. The van der Waals surface area contributed by atoms with E-state index in [9.17, 15) is 14.8 Å². The number of aryl methyl sites for hydroxylation is 1. The Balaban J connectivity index is 2.09. The van der Waals surface area contributed by atoms with Crippen molar-refractivity contribution in [3.63, 3.8) is 0 Å². The maximum absolute atomic E-state index is 13.3. The number of halogens is 1. The lowest BCUT2D eigenvalue weighted by atomic mass is 9.68. The molecule has 1 saturated carbocycles. The molecule has 1 aromatic carbocycles. The van der Waals surface area contributed by atoms with Gasteiger partial charge in [0, 0.05) is 0 Å². The molecule has 19 heavy (non-hydrogen) atoms. The first kappa shape index (κ1) is 12.6. The van der Waals surface area contributed by atoms with Crippen LogP contribution in [0.1, 0.15) is 43.7 Å². The second-order valence-corrected chi connectivity index (χ2v) is 6.20. The van der Waals surface area contributed by atoms with Crippen LogP contribution in [0.4, 0.5) is 4.39 Å². The summed E-state index contributed by atoms with van der Waals surface area (Å²) < 4.78 is 13.3. The fraction of sp³-hybridized carbons (Fsp3) is 0.562. The molecule has 0 bridgehead atoms. The van der Waals surface area contributed by atoms with Gasteiger partial charge in [-0.15, -0.1) is 0 Å². The van der Waals surface area contributed by atoms with E-state index in [1.54, 1.807) is 6.07 Å². The lowest BCUT2D eigenvalue weighted by Crippen LogP contribution is -2.41. The lowest BCUT2D eigenvalue weighted by Gasteiger charge is -2.38. The highest BCUT2D eigenvalue weighted by Gasteiger charge is 2.57. The maximum atomic E-state index is 13.3. The number of nitriles is 1. The van der Waals surface area contributed by atoms with Gasteiger partial charge in [-0.1, -0.05) is 13.0 Å². The Morgan fingerprint density at radius 3 is 2.84 bits per heavy atom. The molecule has 0 spiro atoms. The summed E-state index contributed by atoms with van der Waals surface area (Å²) in [5, 5.41) is 20.8. The van der Waals surface area contributed by atoms with Crippen molar-refractivity contribution in [1.29, 1.82) is 5.26 Å². The third-order valence-corrected chi connectivity index (χ3v) is 5.04. The van der Waals surface area contributed by atoms with Gasteiger partial charge in [0.1, 0.15) is 11.4 Å². The Labute approximate surface area is 112 Å². The van der Waals surface area contributed by atoms with E-state index in [0.717, 1.165) is 30.4 Å². The Hall–Kier alpha value is -1.40. The minimum Gasteiger partial charge on any atom is -0.383 e. The molecule has 1 N–H and O–H groups in total. The highest BCUT2D eigenvalue weighted by atomic mass is 19.1. The number of hydrogen-bond acceptors (Lipinski definition) is 2. The van der Waals surface area contributed by atoms with E-state index in [0.29, 0.717) is 18.8 Å². The molecular weight excluding hydrogens is 241 g/mol. The van der Waals surface area contributed by atoms with Crippen LogP contribution in [0.2, 0.25) is 0 Å². The van der Waals surface area contributed by atoms with Gasteiger partial charge in [0.25, 0.3) is 0 Å². The molecule has 0 aromatic heterocycles. The van der Waals surface area contributed by atoms with Crippen molar-refractivity contribution < 1.29 is 9.50 Å². The third-order valence-electron chi connectivity index (χ3n) is 5.04. The van der Waals surface area contributed by atoms with E-state index >= 15 is 0 Å². The zero-order valence-electron chi connectivity index (χ0n) is 11.1. The second-order valence-electron chi connectivity index (χ2n) is 6.20. The smallest absolute Gasteiger partial charge is 0.123 e. The van der Waals surface area contributed by atoms with Gasteiger partial charge in [0.2, 0.25) is 0 Å². The van der Waals surface area contributed by atoms with Crippen molar-refractivity contribution in [3.8, 4) is 6.07 Å². The summed E-state index contributed by atoms with van der Waals surface area (Å²) in [4.78, 5) is 0. The van der Waals surface area contributed by atoms with Crippen molar-refractivity contribution in [1.82, 2.24) is 0 Å². The first-order chi connectivity index (χ1) is 9.01. The van der Waals surface area contributed by atoms with Gasteiger partial charge >= 0.3 is 0 Å². The van der Waals surface area contributed by atoms with Gasteiger partial charge < -0.3 is 5.11 Å². The fourth-order valence-electron chi connectivity index (χ4n) is 3.98. The normalized spacial score (nSPS) is 37.1. The number of nitrogens with zero attached hydrogens (tertiary/aromatic N) is 1. The molecule has 2 nitrogen and oxygen atoms in total. The maximum Gasteiger partial charge on any atom is 0.123 e. The Morgan fingerprint density at radius 1 is 1.42 bits per heavy atom. The Kier molecular flexibility index (Phi) is 2.69. The molecule has 0 saturated heterocycles. The zero-order valence-corrected chi connectivity index (χ0v) is 11.1. The monoisotopic (exact) mass is 259 g/mol. The van der Waals surface area contributed by atoms with E-state index in [-0.39, 0.29) is 5.82 Å². The summed E-state index contributed by atoms with van der Waals surface area (Å²) in [6, 6.07) is 6.95. The molecular formula is C16H18FNO. The zero-order chi connectivity index (χ0) is 13.7. The van der Waals surface area contributed by atoms with Crippen LogP contribution in [0, 0.1) is 28.5 Å². The summed E-state index contributed by atoms with van der Waals surface area (Å²) in [5.74, 6) is 0.196. The van der Waals surface area contributed by atoms with Crippen molar-refractivity contribution in [3.05, 3.63) is 35.1 Å². The molecule has 100 valence electrons. The van der Waals surface area contributed by atoms with E-state index in [4.69, 9.17) is 0 Å². The fourth-order valence-corrected chi connectivity index (χ4v) is 3.98. The Bertz CT molecular complexity index is 564. The van der Waals surface area contributed by atoms with Gasteiger partial charge in [-0.25, -0.2) is 4.39 Å². The minimum absolute atomic E-state index is 0.270. The molecule has 1 aromatic rings. The summed E-state index contributed by atoms with van der Waals surface area (Å²) in [5.41, 5.74) is -0.174. The van der Waals surface area contributed by atoms with Crippen molar-refractivity contribution in [2.45, 2.75) is 44.6 Å². The van der Waals surface area contributed by atoms with Gasteiger partial charge in [-0.05, 0) is 61.3 Å². The van der Waals surface area contributed by atoms with E-state index in [1.165, 1.54) is 12.1 Å². The van der Waals surface area contributed by atoms with Crippen LogP contribution in [-0.2, 0) is 12.0 Å². The molecule has 3 unspecified atom stereocenters. The highest BCUT2D eigenvalue weighted by molar-refractivity contribution is 5.41. The molecule has 1 fully saturated rings. The molecule has 0 aliphatic heterocycles. The van der Waals surface area contributed by atoms with Crippen molar-refractivity contribution in [2.75, 3.05) is 0 Å². The molecule has 3 rings (SSSR count). The predicted molar refractivity (Wildman–Crippen MR) is 69.7 cm³/mol. The molecule has 3 heteroatoms. The third kappa shape index (κ3) is 1.63. The molecule has 3 atom stereocenters. The van der Waals surface area contributed by atoms with E-state index in [2.05, 4.69) is 13.0 Å². The quantitative estimate of drug-likeness (QED) is 0.841. The van der Waals surface area contributed by atoms with Crippen LogP contribution < -0.4 is 0 Å². The summed E-state index contributed by atoms with van der Waals surface area (Å²) in [6.45, 7) is 2.13. The van der Waals surface area contributed by atoms with Crippen LogP contribution in [0.15, 0.2) is 18.2 Å². The number of aliphatic hydroxyl groups is 1. The van der Waals surface area contributed by atoms with Crippen molar-refractivity contribution >= 4 is 0 Å². The lowest BCUT2D eigenvalue weighted by molar-refractivity contribution is -0.0591.